The van der Waals surface area contributed by atoms with Crippen LogP contribution in [-0.2, 0) is 0 Å². The molecule has 17 heavy (non-hydrogen) atoms. The summed E-state index contributed by atoms with van der Waals surface area (Å²) in [5.41, 5.74) is -0.397. The predicted molar refractivity (Wildman–Crippen MR) is 59.4 cm³/mol. The lowest BCUT2D eigenvalue weighted by atomic mass is 10.3. The number of carboxylic acids is 1. The number of alkyl halides is 2. The quantitative estimate of drug-likeness (QED) is 0.933. The van der Waals surface area contributed by atoms with Gasteiger partial charge in [-0.25, -0.2) is 18.6 Å². The van der Waals surface area contributed by atoms with Gasteiger partial charge in [0.25, 0.3) is 6.43 Å². The SMILES string of the molecule is O=C(O)c1oc(-c2csc(Br)c2)nc1C(F)F. The fraction of sp³-hybridized carbons (Fsp3) is 0.111. The molecule has 4 nitrogen and oxygen atoms in total. The van der Waals surface area contributed by atoms with E-state index < -0.39 is 23.8 Å². The second-order valence-corrected chi connectivity index (χ2v) is 5.27. The first-order valence-corrected chi connectivity index (χ1v) is 5.93. The van der Waals surface area contributed by atoms with Crippen LogP contribution < -0.4 is 0 Å². The lowest BCUT2D eigenvalue weighted by Gasteiger charge is -1.91. The van der Waals surface area contributed by atoms with Crippen LogP contribution >= 0.6 is 27.3 Å². The average Bonchev–Trinajstić information content (AvgIpc) is 2.82. The summed E-state index contributed by atoms with van der Waals surface area (Å²) in [5.74, 6) is -2.51. The highest BCUT2D eigenvalue weighted by Gasteiger charge is 2.26. The number of halogens is 3. The summed E-state index contributed by atoms with van der Waals surface area (Å²) in [6, 6.07) is 1.61. The van der Waals surface area contributed by atoms with E-state index in [0.717, 1.165) is 3.79 Å². The van der Waals surface area contributed by atoms with Crippen molar-refractivity contribution in [3.05, 3.63) is 26.7 Å². The minimum atomic E-state index is -2.99. The molecule has 1 N–H and O–H groups in total. The molecule has 0 spiro atoms. The smallest absolute Gasteiger partial charge is 0.374 e. The first kappa shape index (κ1) is 12.2. The van der Waals surface area contributed by atoms with Gasteiger partial charge >= 0.3 is 5.97 Å². The van der Waals surface area contributed by atoms with Gasteiger partial charge in [0.1, 0.15) is 0 Å². The first-order valence-electron chi connectivity index (χ1n) is 4.25. The van der Waals surface area contributed by atoms with Crippen molar-refractivity contribution in [2.75, 3.05) is 0 Å². The standard InChI is InChI=1S/C9H4BrF2NO3S/c10-4-1-3(2-17-4)8-13-5(7(11)12)6(16-8)9(14)15/h1-2,7H,(H,14,15). The van der Waals surface area contributed by atoms with E-state index in [4.69, 9.17) is 9.52 Å². The summed E-state index contributed by atoms with van der Waals surface area (Å²) in [5, 5.41) is 10.3. The normalized spacial score (nSPS) is 11.1. The molecule has 0 aromatic carbocycles. The molecule has 2 aromatic heterocycles. The molecule has 0 bridgehead atoms. The molecule has 0 aliphatic heterocycles. The zero-order valence-corrected chi connectivity index (χ0v) is 10.4. The van der Waals surface area contributed by atoms with Gasteiger partial charge in [-0.1, -0.05) is 0 Å². The Morgan fingerprint density at radius 1 is 1.59 bits per heavy atom. The van der Waals surface area contributed by atoms with E-state index in [9.17, 15) is 13.6 Å². The number of carboxylic acid groups (broad SMARTS) is 1. The third-order valence-electron chi connectivity index (χ3n) is 1.87. The van der Waals surface area contributed by atoms with E-state index in [2.05, 4.69) is 20.9 Å². The van der Waals surface area contributed by atoms with Crippen LogP contribution in [0.2, 0.25) is 0 Å². The molecule has 2 aromatic rings. The van der Waals surface area contributed by atoms with E-state index >= 15 is 0 Å². The van der Waals surface area contributed by atoms with Crippen molar-refractivity contribution in [2.45, 2.75) is 6.43 Å². The Bertz CT molecular complexity index is 566. The number of nitrogens with zero attached hydrogens (tertiary/aromatic N) is 1. The minimum absolute atomic E-state index is 0.125. The molecule has 0 saturated heterocycles. The average molecular weight is 324 g/mol. The van der Waals surface area contributed by atoms with E-state index in [1.165, 1.54) is 11.3 Å². The molecule has 0 saturated carbocycles. The zero-order chi connectivity index (χ0) is 12.6. The Balaban J connectivity index is 2.50. The molecule has 0 aliphatic rings. The third-order valence-corrected chi connectivity index (χ3v) is 3.37. The highest BCUT2D eigenvalue weighted by Crippen LogP contribution is 2.32. The van der Waals surface area contributed by atoms with Crippen LogP contribution in [-0.4, -0.2) is 16.1 Å². The number of carbonyl (C=O) groups is 1. The molecular formula is C9H4BrF2NO3S. The Morgan fingerprint density at radius 3 is 2.71 bits per heavy atom. The van der Waals surface area contributed by atoms with Crippen LogP contribution in [0.1, 0.15) is 22.7 Å². The fourth-order valence-corrected chi connectivity index (χ4v) is 2.31. The number of rotatable bonds is 3. The highest BCUT2D eigenvalue weighted by atomic mass is 79.9. The van der Waals surface area contributed by atoms with Gasteiger partial charge in [-0.3, -0.25) is 0 Å². The van der Waals surface area contributed by atoms with Gasteiger partial charge in [0, 0.05) is 10.9 Å². The minimum Gasteiger partial charge on any atom is -0.475 e. The zero-order valence-electron chi connectivity index (χ0n) is 7.99. The molecular weight excluding hydrogens is 320 g/mol. The molecule has 0 fully saturated rings. The molecule has 0 aliphatic carbocycles. The highest BCUT2D eigenvalue weighted by molar-refractivity contribution is 9.11. The third kappa shape index (κ3) is 2.37. The largest absolute Gasteiger partial charge is 0.475 e. The maximum atomic E-state index is 12.5. The first-order chi connectivity index (χ1) is 7.99. The van der Waals surface area contributed by atoms with Crippen LogP contribution in [0, 0.1) is 0 Å². The lowest BCUT2D eigenvalue weighted by Crippen LogP contribution is -1.99. The van der Waals surface area contributed by atoms with Gasteiger partial charge in [-0.2, -0.15) is 0 Å². The van der Waals surface area contributed by atoms with Gasteiger partial charge in [0.2, 0.25) is 11.7 Å². The maximum absolute atomic E-state index is 12.5. The molecule has 0 radical (unpaired) electrons. The van der Waals surface area contributed by atoms with Gasteiger partial charge < -0.3 is 9.52 Å². The second kappa shape index (κ2) is 4.53. The second-order valence-electron chi connectivity index (χ2n) is 2.98. The van der Waals surface area contributed by atoms with Crippen molar-refractivity contribution < 1.29 is 23.1 Å². The molecule has 90 valence electrons. The Labute approximate surface area is 106 Å². The fourth-order valence-electron chi connectivity index (χ4n) is 1.18. The van der Waals surface area contributed by atoms with Crippen molar-refractivity contribution in [3.8, 4) is 11.5 Å². The summed E-state index contributed by atoms with van der Waals surface area (Å²) in [4.78, 5) is 14.2. The monoisotopic (exact) mass is 323 g/mol. The molecule has 8 heteroatoms. The summed E-state index contributed by atoms with van der Waals surface area (Å²) >= 11 is 4.51. The van der Waals surface area contributed by atoms with Crippen molar-refractivity contribution in [2.24, 2.45) is 0 Å². The maximum Gasteiger partial charge on any atom is 0.374 e. The van der Waals surface area contributed by atoms with E-state index in [1.807, 2.05) is 0 Å². The van der Waals surface area contributed by atoms with Gasteiger partial charge in [-0.05, 0) is 22.0 Å². The molecule has 0 atom stereocenters. The predicted octanol–water partition coefficient (Wildman–Crippen LogP) is 3.80. The number of hydrogen-bond acceptors (Lipinski definition) is 4. The number of aromatic nitrogens is 1. The van der Waals surface area contributed by atoms with Crippen molar-refractivity contribution >= 4 is 33.2 Å². The van der Waals surface area contributed by atoms with E-state index in [0.29, 0.717) is 5.56 Å². The van der Waals surface area contributed by atoms with Gasteiger partial charge in [-0.15, -0.1) is 11.3 Å². The molecule has 0 amide bonds. The number of hydrogen-bond donors (Lipinski definition) is 1. The Kier molecular flexibility index (Phi) is 3.25. The van der Waals surface area contributed by atoms with E-state index in [1.54, 1.807) is 11.4 Å². The summed E-state index contributed by atoms with van der Waals surface area (Å²) < 4.78 is 30.7. The lowest BCUT2D eigenvalue weighted by molar-refractivity contribution is 0.0647. The van der Waals surface area contributed by atoms with E-state index in [-0.39, 0.29) is 5.89 Å². The summed E-state index contributed by atoms with van der Waals surface area (Å²) in [6.45, 7) is 0. The number of thiophene rings is 1. The van der Waals surface area contributed by atoms with Gasteiger partial charge in [0.05, 0.1) is 3.79 Å². The summed E-state index contributed by atoms with van der Waals surface area (Å²) in [7, 11) is 0. The van der Waals surface area contributed by atoms with Crippen molar-refractivity contribution in [3.63, 3.8) is 0 Å². The molecule has 2 rings (SSSR count). The van der Waals surface area contributed by atoms with Crippen LogP contribution in [0.15, 0.2) is 19.6 Å². The number of oxazole rings is 1. The number of aromatic carboxylic acids is 1. The van der Waals surface area contributed by atoms with Crippen molar-refractivity contribution in [1.29, 1.82) is 0 Å². The molecule has 0 unspecified atom stereocenters. The van der Waals surface area contributed by atoms with Crippen LogP contribution in [0.4, 0.5) is 8.78 Å². The topological polar surface area (TPSA) is 63.3 Å². The van der Waals surface area contributed by atoms with Crippen LogP contribution in [0.25, 0.3) is 11.5 Å². The van der Waals surface area contributed by atoms with Crippen LogP contribution in [0.5, 0.6) is 0 Å². The van der Waals surface area contributed by atoms with Crippen molar-refractivity contribution in [1.82, 2.24) is 4.98 Å². The van der Waals surface area contributed by atoms with Crippen LogP contribution in [0.3, 0.4) is 0 Å². The molecule has 2 heterocycles. The van der Waals surface area contributed by atoms with Gasteiger partial charge in [0.15, 0.2) is 5.69 Å². The Hall–Kier alpha value is -1.28. The summed E-state index contributed by atoms with van der Waals surface area (Å²) in [6.07, 6.45) is -2.99. The Morgan fingerprint density at radius 2 is 2.29 bits per heavy atom.